The van der Waals surface area contributed by atoms with Gasteiger partial charge in [-0.1, -0.05) is 12.1 Å². The highest BCUT2D eigenvalue weighted by atomic mass is 19.1. The minimum absolute atomic E-state index is 0.0710. The fourth-order valence-electron chi connectivity index (χ4n) is 3.38. The second-order valence-corrected chi connectivity index (χ2v) is 7.52. The molecule has 0 bridgehead atoms. The number of anilines is 1. The molecule has 6 heteroatoms. The van der Waals surface area contributed by atoms with E-state index in [1.165, 1.54) is 19.1 Å². The number of halogens is 1. The lowest BCUT2D eigenvalue weighted by molar-refractivity contribution is -0.121. The van der Waals surface area contributed by atoms with Gasteiger partial charge in [0.25, 0.3) is 0 Å². The van der Waals surface area contributed by atoms with E-state index >= 15 is 0 Å². The smallest absolute Gasteiger partial charge is 0.240 e. The molecule has 3 rings (SSSR count). The summed E-state index contributed by atoms with van der Waals surface area (Å²) in [7, 11) is 3.95. The Kier molecular flexibility index (Phi) is 6.35. The Hall–Kier alpha value is -3.41. The van der Waals surface area contributed by atoms with Crippen LogP contribution in [0.25, 0.3) is 11.3 Å². The molecule has 30 heavy (non-hydrogen) atoms. The van der Waals surface area contributed by atoms with E-state index in [0.29, 0.717) is 23.5 Å². The van der Waals surface area contributed by atoms with Crippen LogP contribution in [0.1, 0.15) is 28.5 Å². The third-order valence-electron chi connectivity index (χ3n) is 5.13. The molecule has 0 fully saturated rings. The van der Waals surface area contributed by atoms with Crippen LogP contribution in [0.5, 0.6) is 0 Å². The Morgan fingerprint density at radius 1 is 1.03 bits per heavy atom. The number of ketones is 1. The number of rotatable bonds is 7. The summed E-state index contributed by atoms with van der Waals surface area (Å²) in [6.45, 7) is 3.80. The number of benzene rings is 2. The Morgan fingerprint density at radius 2 is 1.67 bits per heavy atom. The zero-order valence-electron chi connectivity index (χ0n) is 17.7. The lowest BCUT2D eigenvalue weighted by atomic mass is 10.1. The van der Waals surface area contributed by atoms with Gasteiger partial charge in [0.15, 0.2) is 5.78 Å². The van der Waals surface area contributed by atoms with Gasteiger partial charge in [0.2, 0.25) is 5.91 Å². The number of carbonyl (C=O) groups is 2. The van der Waals surface area contributed by atoms with E-state index in [1.807, 2.05) is 50.2 Å². The van der Waals surface area contributed by atoms with Gasteiger partial charge in [-0.05, 0) is 67.4 Å². The molecule has 0 saturated carbocycles. The summed E-state index contributed by atoms with van der Waals surface area (Å²) in [5.74, 6) is -0.571. The Morgan fingerprint density at radius 3 is 2.23 bits per heavy atom. The van der Waals surface area contributed by atoms with Gasteiger partial charge in [0, 0.05) is 43.3 Å². The van der Waals surface area contributed by atoms with E-state index in [9.17, 15) is 14.0 Å². The molecule has 2 aromatic carbocycles. The average Bonchev–Trinajstić information content (AvgIpc) is 3.04. The van der Waals surface area contributed by atoms with E-state index in [4.69, 9.17) is 0 Å². The van der Waals surface area contributed by atoms with E-state index in [1.54, 1.807) is 22.8 Å². The van der Waals surface area contributed by atoms with E-state index in [2.05, 4.69) is 5.32 Å². The summed E-state index contributed by atoms with van der Waals surface area (Å²) in [6.07, 6.45) is 0. The first-order chi connectivity index (χ1) is 14.3. The molecule has 1 N–H and O–H groups in total. The summed E-state index contributed by atoms with van der Waals surface area (Å²) < 4.78 is 15.1. The predicted molar refractivity (Wildman–Crippen MR) is 117 cm³/mol. The van der Waals surface area contributed by atoms with Crippen molar-refractivity contribution in [2.45, 2.75) is 26.9 Å². The van der Waals surface area contributed by atoms with Crippen molar-refractivity contribution < 1.29 is 14.0 Å². The lowest BCUT2D eigenvalue weighted by Gasteiger charge is -2.14. The molecule has 1 aromatic heterocycles. The number of amides is 1. The van der Waals surface area contributed by atoms with Crippen molar-refractivity contribution in [1.82, 2.24) is 9.88 Å². The molecule has 0 spiro atoms. The molecule has 3 aromatic rings. The fourth-order valence-corrected chi connectivity index (χ4v) is 3.38. The van der Waals surface area contributed by atoms with Gasteiger partial charge in [-0.15, -0.1) is 0 Å². The number of hydrogen-bond acceptors (Lipinski definition) is 3. The van der Waals surface area contributed by atoms with Gasteiger partial charge in [-0.3, -0.25) is 9.59 Å². The zero-order chi connectivity index (χ0) is 21.8. The summed E-state index contributed by atoms with van der Waals surface area (Å²) >= 11 is 0. The number of nitrogens with zero attached hydrogens (tertiary/aromatic N) is 2. The van der Waals surface area contributed by atoms with Crippen LogP contribution in [0.4, 0.5) is 10.1 Å². The number of carbonyl (C=O) groups excluding carboxylic acids is 2. The topological polar surface area (TPSA) is 54.3 Å². The van der Waals surface area contributed by atoms with E-state index in [-0.39, 0.29) is 24.1 Å². The van der Waals surface area contributed by atoms with Crippen molar-refractivity contribution in [3.63, 3.8) is 0 Å². The first-order valence-electron chi connectivity index (χ1n) is 9.76. The molecule has 1 heterocycles. The predicted octanol–water partition coefficient (Wildman–Crippen LogP) is 4.19. The SMILES string of the molecule is CC(=O)c1cc(-c2ccc(F)cc2)n(CC(=O)NCc2ccc(N(C)C)cc2)c1C. The molecular weight excluding hydrogens is 381 g/mol. The van der Waals surface area contributed by atoms with Gasteiger partial charge < -0.3 is 14.8 Å². The van der Waals surface area contributed by atoms with Gasteiger partial charge in [0.05, 0.1) is 0 Å². The second kappa shape index (κ2) is 8.95. The minimum atomic E-state index is -0.335. The van der Waals surface area contributed by atoms with Gasteiger partial charge >= 0.3 is 0 Å². The molecule has 1 amide bonds. The van der Waals surface area contributed by atoms with E-state index < -0.39 is 0 Å². The first-order valence-corrected chi connectivity index (χ1v) is 9.76. The molecule has 0 unspecified atom stereocenters. The third-order valence-corrected chi connectivity index (χ3v) is 5.13. The van der Waals surface area contributed by atoms with Crippen molar-refractivity contribution in [1.29, 1.82) is 0 Å². The molecular formula is C24H26FN3O2. The maximum Gasteiger partial charge on any atom is 0.240 e. The monoisotopic (exact) mass is 407 g/mol. The van der Waals surface area contributed by atoms with Crippen LogP contribution in [0.15, 0.2) is 54.6 Å². The third kappa shape index (κ3) is 4.76. The largest absolute Gasteiger partial charge is 0.378 e. The normalized spacial score (nSPS) is 10.7. The molecule has 0 aliphatic carbocycles. The van der Waals surface area contributed by atoms with Gasteiger partial charge in [0.1, 0.15) is 12.4 Å². The number of nitrogens with one attached hydrogen (secondary N) is 1. The standard InChI is InChI=1S/C24H26FN3O2/c1-16-22(17(2)29)13-23(19-7-9-20(25)10-8-19)28(16)15-24(30)26-14-18-5-11-21(12-6-18)27(3)4/h5-13H,14-15H2,1-4H3,(H,26,30). The van der Waals surface area contributed by atoms with Crippen LogP contribution >= 0.6 is 0 Å². The van der Waals surface area contributed by atoms with Crippen LogP contribution in [0.3, 0.4) is 0 Å². The van der Waals surface area contributed by atoms with Crippen molar-refractivity contribution in [3.8, 4) is 11.3 Å². The number of Topliss-reactive ketones (excluding diaryl/α,β-unsaturated/α-hetero) is 1. The van der Waals surface area contributed by atoms with Crippen LogP contribution in [0.2, 0.25) is 0 Å². The zero-order valence-corrected chi connectivity index (χ0v) is 17.7. The van der Waals surface area contributed by atoms with Crippen LogP contribution in [-0.2, 0) is 17.9 Å². The summed E-state index contributed by atoms with van der Waals surface area (Å²) in [5.41, 5.74) is 4.83. The summed E-state index contributed by atoms with van der Waals surface area (Å²) in [6, 6.07) is 15.8. The number of aromatic nitrogens is 1. The van der Waals surface area contributed by atoms with Gasteiger partial charge in [-0.25, -0.2) is 4.39 Å². The Labute approximate surface area is 176 Å². The number of hydrogen-bond donors (Lipinski definition) is 1. The molecule has 0 aliphatic heterocycles. The highest BCUT2D eigenvalue weighted by Gasteiger charge is 2.18. The molecule has 0 aliphatic rings. The van der Waals surface area contributed by atoms with Crippen molar-refractivity contribution >= 4 is 17.4 Å². The summed E-state index contributed by atoms with van der Waals surface area (Å²) in [4.78, 5) is 26.7. The maximum atomic E-state index is 13.3. The molecule has 0 atom stereocenters. The fraction of sp³-hybridized carbons (Fsp3) is 0.250. The minimum Gasteiger partial charge on any atom is -0.378 e. The van der Waals surface area contributed by atoms with Crippen LogP contribution in [-0.4, -0.2) is 30.4 Å². The lowest BCUT2D eigenvalue weighted by Crippen LogP contribution is -2.27. The highest BCUT2D eigenvalue weighted by Crippen LogP contribution is 2.26. The van der Waals surface area contributed by atoms with Crippen molar-refractivity contribution in [3.05, 3.63) is 77.2 Å². The summed E-state index contributed by atoms with van der Waals surface area (Å²) in [5, 5.41) is 2.93. The quantitative estimate of drug-likeness (QED) is 0.598. The second-order valence-electron chi connectivity index (χ2n) is 7.52. The van der Waals surface area contributed by atoms with Crippen molar-refractivity contribution in [2.75, 3.05) is 19.0 Å². The van der Waals surface area contributed by atoms with Crippen LogP contribution < -0.4 is 10.2 Å². The Bertz CT molecular complexity index is 1050. The highest BCUT2D eigenvalue weighted by molar-refractivity contribution is 5.97. The maximum absolute atomic E-state index is 13.3. The van der Waals surface area contributed by atoms with Crippen molar-refractivity contribution in [2.24, 2.45) is 0 Å². The van der Waals surface area contributed by atoms with Crippen LogP contribution in [0, 0.1) is 12.7 Å². The Balaban J connectivity index is 1.78. The first kappa shape index (κ1) is 21.3. The molecule has 0 saturated heterocycles. The molecule has 5 nitrogen and oxygen atoms in total. The average molecular weight is 407 g/mol. The van der Waals surface area contributed by atoms with E-state index in [0.717, 1.165) is 16.8 Å². The van der Waals surface area contributed by atoms with Gasteiger partial charge in [-0.2, -0.15) is 0 Å². The molecule has 0 radical (unpaired) electrons. The molecule has 156 valence electrons.